The first-order valence-electron chi connectivity index (χ1n) is 15.7. The highest BCUT2D eigenvalue weighted by Crippen LogP contribution is 2.20. The molecule has 0 spiro atoms. The van der Waals surface area contributed by atoms with Crippen molar-refractivity contribution in [3.8, 4) is 0 Å². The van der Waals surface area contributed by atoms with E-state index in [2.05, 4.69) is 16.0 Å². The Hall–Kier alpha value is -4.03. The standard InChI is InChI=1S/C28H47N7O15/c1-16(37)29-24-26(47)25(46)18(15-36)50-27(24)31-19(38)10-17(28(48)49)30-20(39)11-32-2-4-33(12-21(40)41)6-8-35(14-23(44)45)9-7-34(5-3-32)13-22(42)43/h17-18,24-27,36,46-47H,2-15H2,1H3,(H,29,37)(H,30,39)(H,31,38)(H,40,41)(H,42,43)(H,44,45)(H,48,49)/p-3/t17-,18?,24?,25?,26?,27?/m0/s1. The van der Waals surface area contributed by atoms with Gasteiger partial charge in [0.15, 0.2) is 6.23 Å². The third kappa shape index (κ3) is 14.8. The average Bonchev–Trinajstić information content (AvgIpc) is 3.00. The van der Waals surface area contributed by atoms with E-state index < -0.39 is 117 Å². The highest BCUT2D eigenvalue weighted by molar-refractivity contribution is 5.89. The summed E-state index contributed by atoms with van der Waals surface area (Å²) in [5, 5.41) is 80.6. The fourth-order valence-electron chi connectivity index (χ4n) is 5.44. The van der Waals surface area contributed by atoms with Crippen molar-refractivity contribution in [2.45, 2.75) is 50.0 Å². The van der Waals surface area contributed by atoms with Crippen LogP contribution in [-0.2, 0) is 38.3 Å². The lowest BCUT2D eigenvalue weighted by molar-refractivity contribution is -0.308. The van der Waals surface area contributed by atoms with Crippen LogP contribution in [0.4, 0.5) is 0 Å². The quantitative estimate of drug-likeness (QED) is 0.0826. The van der Waals surface area contributed by atoms with Gasteiger partial charge in [0.2, 0.25) is 17.7 Å². The zero-order valence-corrected chi connectivity index (χ0v) is 27.4. The Balaban J connectivity index is 2.14. The Morgan fingerprint density at radius 2 is 1.12 bits per heavy atom. The summed E-state index contributed by atoms with van der Waals surface area (Å²) in [5.41, 5.74) is 0. The number of carboxylic acids is 4. The summed E-state index contributed by atoms with van der Waals surface area (Å²) in [5.74, 6) is -8.32. The van der Waals surface area contributed by atoms with Gasteiger partial charge in [-0.1, -0.05) is 0 Å². The van der Waals surface area contributed by atoms with Crippen LogP contribution < -0.4 is 31.3 Å². The number of aliphatic hydroxyl groups is 3. The van der Waals surface area contributed by atoms with Gasteiger partial charge < -0.3 is 70.8 Å². The van der Waals surface area contributed by atoms with E-state index in [9.17, 15) is 69.3 Å². The maximum absolute atomic E-state index is 13.1. The van der Waals surface area contributed by atoms with Gasteiger partial charge in [-0.2, -0.15) is 0 Å². The number of rotatable bonds is 15. The smallest absolute Gasteiger partial charge is 0.326 e. The van der Waals surface area contributed by atoms with Crippen molar-refractivity contribution in [2.24, 2.45) is 0 Å². The largest absolute Gasteiger partial charge is 0.549 e. The van der Waals surface area contributed by atoms with E-state index in [4.69, 9.17) is 4.74 Å². The maximum Gasteiger partial charge on any atom is 0.326 e. The average molecular weight is 719 g/mol. The van der Waals surface area contributed by atoms with Gasteiger partial charge >= 0.3 is 5.97 Å². The Kier molecular flexibility index (Phi) is 17.4. The number of carboxylic acid groups (broad SMARTS) is 4. The van der Waals surface area contributed by atoms with Crippen LogP contribution in [-0.4, -0.2) is 203 Å². The summed E-state index contributed by atoms with van der Waals surface area (Å²) in [4.78, 5) is 89.4. The number of amides is 3. The lowest BCUT2D eigenvalue weighted by Gasteiger charge is -2.42. The summed E-state index contributed by atoms with van der Waals surface area (Å²) >= 11 is 0. The Bertz CT molecular complexity index is 1180. The molecule has 0 aromatic heterocycles. The van der Waals surface area contributed by atoms with Gasteiger partial charge in [0, 0.05) is 78.9 Å². The first kappa shape index (κ1) is 42.1. The third-order valence-corrected chi connectivity index (χ3v) is 7.98. The lowest BCUT2D eigenvalue weighted by Crippen LogP contribution is -2.68. The number of ether oxygens (including phenoxy) is 1. The molecule has 3 amide bonds. The predicted octanol–water partition coefficient (Wildman–Crippen LogP) is -10.5. The molecule has 0 saturated carbocycles. The van der Waals surface area contributed by atoms with E-state index in [0.717, 1.165) is 6.92 Å². The molecule has 2 rings (SSSR count). The van der Waals surface area contributed by atoms with Gasteiger partial charge in [0.1, 0.15) is 30.4 Å². The first-order chi connectivity index (χ1) is 23.5. The summed E-state index contributed by atoms with van der Waals surface area (Å²) in [6.07, 6.45) is -7.03. The van der Waals surface area contributed by atoms with Crippen LogP contribution >= 0.6 is 0 Å². The second-order valence-electron chi connectivity index (χ2n) is 11.9. The molecular weight excluding hydrogens is 674 g/mol. The number of nitrogens with zero attached hydrogens (tertiary/aromatic N) is 4. The summed E-state index contributed by atoms with van der Waals surface area (Å²) in [6, 6.07) is -3.17. The molecule has 0 aliphatic carbocycles. The molecular formula is C28H44N7O15-3. The summed E-state index contributed by atoms with van der Waals surface area (Å²) in [7, 11) is 0. The molecule has 2 aliphatic rings. The lowest BCUT2D eigenvalue weighted by atomic mass is 9.95. The molecule has 7 N–H and O–H groups in total. The molecule has 2 fully saturated rings. The third-order valence-electron chi connectivity index (χ3n) is 7.98. The van der Waals surface area contributed by atoms with Crippen molar-refractivity contribution in [1.82, 2.24) is 35.6 Å². The molecule has 0 aromatic carbocycles. The minimum atomic E-state index is -1.79. The van der Waals surface area contributed by atoms with Crippen molar-refractivity contribution in [2.75, 3.05) is 85.1 Å². The molecule has 22 nitrogen and oxygen atoms in total. The monoisotopic (exact) mass is 718 g/mol. The highest BCUT2D eigenvalue weighted by Gasteiger charge is 2.45. The van der Waals surface area contributed by atoms with Crippen LogP contribution in [0.3, 0.4) is 0 Å². The fraction of sp³-hybridized carbons (Fsp3) is 0.750. The molecule has 50 heavy (non-hydrogen) atoms. The molecule has 5 unspecified atom stereocenters. The maximum atomic E-state index is 13.1. The van der Waals surface area contributed by atoms with E-state index in [1.807, 2.05) is 0 Å². The van der Waals surface area contributed by atoms with E-state index in [1.54, 1.807) is 0 Å². The SMILES string of the molecule is CC(=O)NC1C(NC(=O)C[C@H](NC(=O)CN2CCN(CC(=O)[O-])CCN(CC(=O)[O-])CCN(CC(=O)[O-])CC2)C(=O)O)OC(CO)C(O)C1O. The molecule has 2 heterocycles. The number of aliphatic hydroxyl groups excluding tert-OH is 3. The minimum Gasteiger partial charge on any atom is -0.549 e. The van der Waals surface area contributed by atoms with Crippen LogP contribution in [0.5, 0.6) is 0 Å². The van der Waals surface area contributed by atoms with Crippen LogP contribution in [0.2, 0.25) is 0 Å². The Morgan fingerprint density at radius 1 is 0.700 bits per heavy atom. The molecule has 0 bridgehead atoms. The van der Waals surface area contributed by atoms with Crippen LogP contribution in [0.15, 0.2) is 0 Å². The second kappa shape index (κ2) is 20.6. The summed E-state index contributed by atoms with van der Waals surface area (Å²) < 4.78 is 5.40. The van der Waals surface area contributed by atoms with Gasteiger partial charge in [0.25, 0.3) is 0 Å². The first-order valence-corrected chi connectivity index (χ1v) is 15.7. The van der Waals surface area contributed by atoms with Gasteiger partial charge in [-0.25, -0.2) is 4.79 Å². The number of carbonyl (C=O) groups excluding carboxylic acids is 6. The molecule has 6 atom stereocenters. The number of nitrogens with one attached hydrogen (secondary N) is 3. The zero-order valence-electron chi connectivity index (χ0n) is 27.4. The summed E-state index contributed by atoms with van der Waals surface area (Å²) in [6.45, 7) is -1.20. The van der Waals surface area contributed by atoms with Gasteiger partial charge in [0.05, 0.1) is 37.5 Å². The number of hydrogen-bond acceptors (Lipinski definition) is 18. The van der Waals surface area contributed by atoms with Crippen molar-refractivity contribution < 1.29 is 74.0 Å². The molecule has 22 heteroatoms. The van der Waals surface area contributed by atoms with Crippen molar-refractivity contribution >= 4 is 41.6 Å². The Morgan fingerprint density at radius 3 is 1.48 bits per heavy atom. The Labute approximate surface area is 286 Å². The van der Waals surface area contributed by atoms with Gasteiger partial charge in [-0.15, -0.1) is 0 Å². The topological polar surface area (TPSA) is 328 Å². The van der Waals surface area contributed by atoms with Crippen LogP contribution in [0.25, 0.3) is 0 Å². The normalized spacial score (nSPS) is 25.6. The van der Waals surface area contributed by atoms with E-state index in [0.29, 0.717) is 0 Å². The van der Waals surface area contributed by atoms with Gasteiger partial charge in [-0.05, 0) is 0 Å². The molecule has 2 aliphatic heterocycles. The molecule has 0 aromatic rings. The van der Waals surface area contributed by atoms with E-state index in [1.165, 1.54) is 19.6 Å². The second-order valence-corrected chi connectivity index (χ2v) is 11.9. The highest BCUT2D eigenvalue weighted by atomic mass is 16.5. The van der Waals surface area contributed by atoms with Crippen molar-refractivity contribution in [3.05, 3.63) is 0 Å². The molecule has 2 saturated heterocycles. The molecule has 0 radical (unpaired) electrons. The van der Waals surface area contributed by atoms with E-state index >= 15 is 0 Å². The number of aliphatic carboxylic acids is 4. The zero-order chi connectivity index (χ0) is 37.5. The van der Waals surface area contributed by atoms with Gasteiger partial charge in [-0.3, -0.25) is 34.0 Å². The van der Waals surface area contributed by atoms with Crippen LogP contribution in [0.1, 0.15) is 13.3 Å². The predicted molar refractivity (Wildman–Crippen MR) is 158 cm³/mol. The number of hydrogen-bond donors (Lipinski definition) is 7. The van der Waals surface area contributed by atoms with Crippen LogP contribution in [0, 0.1) is 0 Å². The van der Waals surface area contributed by atoms with E-state index in [-0.39, 0.29) is 52.4 Å². The van der Waals surface area contributed by atoms with Crippen molar-refractivity contribution in [3.63, 3.8) is 0 Å². The van der Waals surface area contributed by atoms with Crippen molar-refractivity contribution in [1.29, 1.82) is 0 Å². The molecule has 284 valence electrons. The minimum absolute atomic E-state index is 0.0301. The number of carbonyl (C=O) groups is 7. The fourth-order valence-corrected chi connectivity index (χ4v) is 5.44.